The summed E-state index contributed by atoms with van der Waals surface area (Å²) < 4.78 is 19.4. The van der Waals surface area contributed by atoms with E-state index >= 15 is 0 Å². The number of aliphatic hydroxyl groups is 1. The summed E-state index contributed by atoms with van der Waals surface area (Å²) in [7, 11) is 0. The fraction of sp³-hybridized carbons (Fsp3) is 0.889. The summed E-state index contributed by atoms with van der Waals surface area (Å²) in [6, 6.07) is -0.373. The van der Waals surface area contributed by atoms with Gasteiger partial charge >= 0.3 is 0 Å². The molecule has 2 saturated heterocycles. The monoisotopic (exact) mass is 356 g/mol. The van der Waals surface area contributed by atoms with E-state index in [9.17, 15) is 19.1 Å². The number of hydrogen-bond acceptors (Lipinski definition) is 4. The molecule has 0 aromatic rings. The lowest BCUT2D eigenvalue weighted by Gasteiger charge is -2.27. The minimum atomic E-state index is -1.08. The molecule has 2 amide bonds. The molecule has 0 spiro atoms. The molecule has 3 aliphatic rings. The lowest BCUT2D eigenvalue weighted by molar-refractivity contribution is -0.142. The van der Waals surface area contributed by atoms with Gasteiger partial charge in [-0.15, -0.1) is 0 Å². The molecule has 25 heavy (non-hydrogen) atoms. The standard InChI is InChI=1S/C18H29FN2O4/c1-11-6-15(25-10-11)18(24)21-9-13(19)7-14(21)8-20-17(23)16(22)12-4-2-3-5-12/h11-16,22H,2-10H2,1H3,(H,20,23)/t11?,13-,14-,15?,16-/m0/s1. The van der Waals surface area contributed by atoms with Gasteiger partial charge in [-0.05, 0) is 31.1 Å². The van der Waals surface area contributed by atoms with Gasteiger partial charge < -0.3 is 20.1 Å². The van der Waals surface area contributed by atoms with Gasteiger partial charge in [0.2, 0.25) is 5.91 Å². The van der Waals surface area contributed by atoms with Crippen molar-refractivity contribution >= 4 is 11.8 Å². The summed E-state index contributed by atoms with van der Waals surface area (Å²) in [4.78, 5) is 26.3. The SMILES string of the molecule is CC1COC(C(=O)N2C[C@@H](F)C[C@H]2CNC(=O)[C@@H](O)C2CCCC2)C1. The lowest BCUT2D eigenvalue weighted by Crippen LogP contribution is -2.49. The van der Waals surface area contributed by atoms with Crippen molar-refractivity contribution in [3.05, 3.63) is 0 Å². The minimum Gasteiger partial charge on any atom is -0.383 e. The molecular formula is C18H29FN2O4. The highest BCUT2D eigenvalue weighted by atomic mass is 19.1. The van der Waals surface area contributed by atoms with E-state index in [1.54, 1.807) is 0 Å². The van der Waals surface area contributed by atoms with Gasteiger partial charge in [-0.25, -0.2) is 4.39 Å². The third kappa shape index (κ3) is 4.31. The van der Waals surface area contributed by atoms with E-state index in [1.807, 2.05) is 6.92 Å². The average Bonchev–Trinajstić information content (AvgIpc) is 3.32. The van der Waals surface area contributed by atoms with Crippen LogP contribution in [0.25, 0.3) is 0 Å². The molecule has 0 aromatic carbocycles. The fourth-order valence-corrected chi connectivity index (χ4v) is 4.27. The van der Waals surface area contributed by atoms with Crippen molar-refractivity contribution in [2.45, 2.75) is 69.9 Å². The van der Waals surface area contributed by atoms with Crippen molar-refractivity contribution in [3.63, 3.8) is 0 Å². The zero-order valence-corrected chi connectivity index (χ0v) is 14.8. The molecule has 3 rings (SSSR count). The van der Waals surface area contributed by atoms with E-state index in [1.165, 1.54) is 4.90 Å². The van der Waals surface area contributed by atoms with Gasteiger partial charge in [0.25, 0.3) is 5.91 Å². The normalized spacial score (nSPS) is 34.4. The van der Waals surface area contributed by atoms with Crippen LogP contribution in [-0.4, -0.2) is 65.9 Å². The molecule has 2 N–H and O–H groups in total. The second-order valence-corrected chi connectivity index (χ2v) is 7.87. The average molecular weight is 356 g/mol. The molecule has 1 aliphatic carbocycles. The minimum absolute atomic E-state index is 0.0172. The van der Waals surface area contributed by atoms with E-state index in [0.717, 1.165) is 25.7 Å². The summed E-state index contributed by atoms with van der Waals surface area (Å²) in [5, 5.41) is 12.8. The first-order chi connectivity index (χ1) is 12.0. The smallest absolute Gasteiger partial charge is 0.252 e. The number of rotatable bonds is 5. The predicted molar refractivity (Wildman–Crippen MR) is 89.5 cm³/mol. The Morgan fingerprint density at radius 3 is 2.68 bits per heavy atom. The Morgan fingerprint density at radius 1 is 1.32 bits per heavy atom. The molecule has 2 unspecified atom stereocenters. The van der Waals surface area contributed by atoms with Crippen molar-refractivity contribution in [2.75, 3.05) is 19.7 Å². The molecule has 142 valence electrons. The Labute approximate surface area is 148 Å². The summed E-state index contributed by atoms with van der Waals surface area (Å²) in [6.45, 7) is 2.81. The number of aliphatic hydroxyl groups excluding tert-OH is 1. The fourth-order valence-electron chi connectivity index (χ4n) is 4.27. The molecule has 2 heterocycles. The van der Waals surface area contributed by atoms with Crippen molar-refractivity contribution in [2.24, 2.45) is 11.8 Å². The molecule has 0 radical (unpaired) electrons. The number of nitrogens with zero attached hydrogens (tertiary/aromatic N) is 1. The molecular weight excluding hydrogens is 327 g/mol. The molecule has 1 saturated carbocycles. The van der Waals surface area contributed by atoms with E-state index < -0.39 is 24.3 Å². The number of likely N-dealkylation sites (tertiary alicyclic amines) is 1. The third-order valence-electron chi connectivity index (χ3n) is 5.75. The second-order valence-electron chi connectivity index (χ2n) is 7.87. The predicted octanol–water partition coefficient (Wildman–Crippen LogP) is 1.02. The van der Waals surface area contributed by atoms with Crippen molar-refractivity contribution in [1.29, 1.82) is 0 Å². The van der Waals surface area contributed by atoms with Crippen LogP contribution in [0.4, 0.5) is 4.39 Å². The van der Waals surface area contributed by atoms with Crippen LogP contribution in [0.3, 0.4) is 0 Å². The highest BCUT2D eigenvalue weighted by Crippen LogP contribution is 2.28. The molecule has 2 aliphatic heterocycles. The maximum Gasteiger partial charge on any atom is 0.252 e. The number of alkyl halides is 1. The third-order valence-corrected chi connectivity index (χ3v) is 5.75. The van der Waals surface area contributed by atoms with Gasteiger partial charge in [-0.2, -0.15) is 0 Å². The van der Waals surface area contributed by atoms with E-state index in [4.69, 9.17) is 4.74 Å². The molecule has 5 atom stereocenters. The molecule has 6 nitrogen and oxygen atoms in total. The first kappa shape index (κ1) is 18.6. The molecule has 0 aromatic heterocycles. The number of carbonyl (C=O) groups excluding carboxylic acids is 2. The van der Waals surface area contributed by atoms with E-state index in [-0.39, 0.29) is 37.4 Å². The Kier molecular flexibility index (Phi) is 5.94. The molecule has 7 heteroatoms. The highest BCUT2D eigenvalue weighted by molar-refractivity contribution is 5.83. The Bertz CT molecular complexity index is 497. The van der Waals surface area contributed by atoms with Crippen LogP contribution in [0.5, 0.6) is 0 Å². The van der Waals surface area contributed by atoms with E-state index in [2.05, 4.69) is 5.32 Å². The number of ether oxygens (including phenoxy) is 1. The Hall–Kier alpha value is -1.21. The van der Waals surface area contributed by atoms with Crippen LogP contribution in [-0.2, 0) is 14.3 Å². The van der Waals surface area contributed by atoms with Gasteiger partial charge in [-0.3, -0.25) is 9.59 Å². The van der Waals surface area contributed by atoms with Crippen LogP contribution in [0.1, 0.15) is 45.4 Å². The molecule has 3 fully saturated rings. The zero-order valence-electron chi connectivity index (χ0n) is 14.8. The largest absolute Gasteiger partial charge is 0.383 e. The summed E-state index contributed by atoms with van der Waals surface area (Å²) >= 11 is 0. The van der Waals surface area contributed by atoms with Gasteiger partial charge in [0.15, 0.2) is 0 Å². The number of nitrogens with one attached hydrogen (secondary N) is 1. The Balaban J connectivity index is 1.52. The number of carbonyl (C=O) groups is 2. The van der Waals surface area contributed by atoms with Gasteiger partial charge in [-0.1, -0.05) is 19.8 Å². The van der Waals surface area contributed by atoms with Crippen LogP contribution < -0.4 is 5.32 Å². The topological polar surface area (TPSA) is 78.9 Å². The lowest BCUT2D eigenvalue weighted by atomic mass is 10.0. The second kappa shape index (κ2) is 7.99. The van der Waals surface area contributed by atoms with Crippen LogP contribution in [0.15, 0.2) is 0 Å². The number of hydrogen-bond donors (Lipinski definition) is 2. The summed E-state index contributed by atoms with van der Waals surface area (Å²) in [5.41, 5.74) is 0. The van der Waals surface area contributed by atoms with Crippen molar-refractivity contribution in [3.8, 4) is 0 Å². The Morgan fingerprint density at radius 2 is 2.04 bits per heavy atom. The summed E-state index contributed by atoms with van der Waals surface area (Å²) in [5.74, 6) is -0.242. The summed E-state index contributed by atoms with van der Waals surface area (Å²) in [6.07, 6.45) is 2.12. The van der Waals surface area contributed by atoms with Gasteiger partial charge in [0, 0.05) is 13.0 Å². The highest BCUT2D eigenvalue weighted by Gasteiger charge is 2.41. The first-order valence-electron chi connectivity index (χ1n) is 9.47. The number of amides is 2. The van der Waals surface area contributed by atoms with E-state index in [0.29, 0.717) is 18.9 Å². The molecule has 0 bridgehead atoms. The van der Waals surface area contributed by atoms with Gasteiger partial charge in [0.1, 0.15) is 18.4 Å². The maximum atomic E-state index is 13.9. The van der Waals surface area contributed by atoms with Crippen molar-refractivity contribution < 1.29 is 23.8 Å². The van der Waals surface area contributed by atoms with Crippen LogP contribution in [0.2, 0.25) is 0 Å². The zero-order chi connectivity index (χ0) is 18.0. The van der Waals surface area contributed by atoms with Crippen LogP contribution in [0, 0.1) is 11.8 Å². The quantitative estimate of drug-likeness (QED) is 0.771. The first-order valence-corrected chi connectivity index (χ1v) is 9.47. The van der Waals surface area contributed by atoms with Crippen LogP contribution >= 0.6 is 0 Å². The maximum absolute atomic E-state index is 13.9. The number of halogens is 1. The van der Waals surface area contributed by atoms with Gasteiger partial charge in [0.05, 0.1) is 19.2 Å². The van der Waals surface area contributed by atoms with Crippen molar-refractivity contribution in [1.82, 2.24) is 10.2 Å².